The number of aromatic hydroxyl groups is 1. The van der Waals surface area contributed by atoms with Crippen molar-refractivity contribution in [2.75, 3.05) is 20.6 Å². The molecule has 14 heteroatoms. The second-order valence-corrected chi connectivity index (χ2v) is 10.3. The Morgan fingerprint density at radius 2 is 1.89 bits per heavy atom. The lowest BCUT2D eigenvalue weighted by Gasteiger charge is -2.50. The standard InChI is InChI=1S/C24H25ClF3N3O7/c1-31(2)17-11-4-8-3-10-14(12(32)5-9(16(10)25)6-30-7-23(26,27)28)18(33)13(8)20(35)24(11,38)21(36)15(19(17)34)22(29)37/h5,8,11,17,30,32-33,36,38H,3-4,6-7H2,1-2H3,(H2,29,37)/t8-,11-,17-,24-/m0/s1. The van der Waals surface area contributed by atoms with E-state index in [1.807, 2.05) is 0 Å². The van der Waals surface area contributed by atoms with Crippen molar-refractivity contribution in [2.24, 2.45) is 17.6 Å². The van der Waals surface area contributed by atoms with Crippen molar-refractivity contribution < 1.29 is 48.0 Å². The number of aliphatic hydroxyl groups is 3. The van der Waals surface area contributed by atoms with Crippen LogP contribution in [0.4, 0.5) is 13.2 Å². The second-order valence-electron chi connectivity index (χ2n) is 9.90. The normalized spacial score (nSPS) is 27.4. The lowest BCUT2D eigenvalue weighted by atomic mass is 9.57. The van der Waals surface area contributed by atoms with Crippen LogP contribution in [0.25, 0.3) is 5.76 Å². The van der Waals surface area contributed by atoms with Gasteiger partial charge in [0.25, 0.3) is 5.91 Å². The number of likely N-dealkylation sites (N-methyl/N-ethyl adjacent to an activating group) is 1. The number of primary amides is 1. The van der Waals surface area contributed by atoms with Crippen molar-refractivity contribution in [3.63, 3.8) is 0 Å². The predicted octanol–water partition coefficient (Wildman–Crippen LogP) is 1.27. The van der Waals surface area contributed by atoms with E-state index < -0.39 is 76.5 Å². The fraction of sp³-hybridized carbons (Fsp3) is 0.458. The molecule has 0 unspecified atom stereocenters. The molecule has 10 nitrogen and oxygen atoms in total. The minimum absolute atomic E-state index is 0.0333. The molecule has 7 N–H and O–H groups in total. The summed E-state index contributed by atoms with van der Waals surface area (Å²) in [6.45, 7) is -1.66. The van der Waals surface area contributed by atoms with Gasteiger partial charge in [0, 0.05) is 23.1 Å². The zero-order valence-electron chi connectivity index (χ0n) is 20.2. The van der Waals surface area contributed by atoms with Crippen LogP contribution in [0.15, 0.2) is 23.0 Å². The summed E-state index contributed by atoms with van der Waals surface area (Å²) < 4.78 is 37.7. The van der Waals surface area contributed by atoms with Gasteiger partial charge in [-0.3, -0.25) is 19.3 Å². The van der Waals surface area contributed by atoms with Gasteiger partial charge in [-0.25, -0.2) is 0 Å². The van der Waals surface area contributed by atoms with Crippen LogP contribution in [0.1, 0.15) is 23.1 Å². The molecule has 1 aromatic rings. The highest BCUT2D eigenvalue weighted by Crippen LogP contribution is 2.53. The monoisotopic (exact) mass is 559 g/mol. The van der Waals surface area contributed by atoms with Crippen LogP contribution in [0.5, 0.6) is 5.75 Å². The largest absolute Gasteiger partial charge is 0.508 e. The summed E-state index contributed by atoms with van der Waals surface area (Å²) in [5, 5.41) is 46.2. The number of nitrogens with one attached hydrogen (secondary N) is 1. The number of aliphatic hydroxyl groups excluding tert-OH is 2. The maximum Gasteiger partial charge on any atom is 0.401 e. The molecule has 4 atom stereocenters. The second kappa shape index (κ2) is 9.26. The number of halogens is 4. The van der Waals surface area contributed by atoms with Crippen LogP contribution in [-0.4, -0.2) is 81.3 Å². The molecule has 0 saturated heterocycles. The average molecular weight is 560 g/mol. The molecule has 4 rings (SSSR count). The molecular weight excluding hydrogens is 535 g/mol. The van der Waals surface area contributed by atoms with Gasteiger partial charge in [-0.15, -0.1) is 0 Å². The predicted molar refractivity (Wildman–Crippen MR) is 127 cm³/mol. The number of nitrogens with zero attached hydrogens (tertiary/aromatic N) is 1. The highest BCUT2D eigenvalue weighted by Gasteiger charge is 2.64. The van der Waals surface area contributed by atoms with Crippen LogP contribution in [0.3, 0.4) is 0 Å². The summed E-state index contributed by atoms with van der Waals surface area (Å²) in [4.78, 5) is 40.1. The molecule has 0 aliphatic heterocycles. The first-order chi connectivity index (χ1) is 17.5. The van der Waals surface area contributed by atoms with Gasteiger partial charge >= 0.3 is 6.18 Å². The first-order valence-corrected chi connectivity index (χ1v) is 11.9. The summed E-state index contributed by atoms with van der Waals surface area (Å²) in [5.74, 6) is -8.03. The minimum Gasteiger partial charge on any atom is -0.508 e. The van der Waals surface area contributed by atoms with Crippen molar-refractivity contribution in [1.29, 1.82) is 0 Å². The fourth-order valence-electron chi connectivity index (χ4n) is 5.81. The third-order valence-electron chi connectivity index (χ3n) is 7.37. The summed E-state index contributed by atoms with van der Waals surface area (Å²) >= 11 is 6.46. The van der Waals surface area contributed by atoms with Crippen LogP contribution in [0, 0.1) is 11.8 Å². The summed E-state index contributed by atoms with van der Waals surface area (Å²) in [7, 11) is 2.95. The third-order valence-corrected chi connectivity index (χ3v) is 7.84. The van der Waals surface area contributed by atoms with E-state index in [0.29, 0.717) is 0 Å². The highest BCUT2D eigenvalue weighted by atomic mass is 35.5. The van der Waals surface area contributed by atoms with Crippen molar-refractivity contribution >= 4 is 34.8 Å². The number of nitrogens with two attached hydrogens (primary N) is 1. The van der Waals surface area contributed by atoms with E-state index in [0.717, 1.165) is 6.07 Å². The summed E-state index contributed by atoms with van der Waals surface area (Å²) in [6, 6.07) is -0.189. The number of carbonyl (C=O) groups excluding carboxylic acids is 3. The Labute approximate surface area is 219 Å². The van der Waals surface area contributed by atoms with Gasteiger partial charge in [0.1, 0.15) is 22.8 Å². The Hall–Kier alpha value is -3.13. The smallest absolute Gasteiger partial charge is 0.401 e. The molecule has 3 aliphatic rings. The molecule has 206 valence electrons. The van der Waals surface area contributed by atoms with E-state index >= 15 is 0 Å². The lowest BCUT2D eigenvalue weighted by molar-refractivity contribution is -0.153. The first-order valence-electron chi connectivity index (χ1n) is 11.5. The van der Waals surface area contributed by atoms with E-state index in [4.69, 9.17) is 17.3 Å². The topological polar surface area (TPSA) is 173 Å². The number of phenolic OH excluding ortho intramolecular Hbond substituents is 1. The Bertz CT molecular complexity index is 1320. The Kier molecular flexibility index (Phi) is 6.80. The van der Waals surface area contributed by atoms with Crippen molar-refractivity contribution in [3.05, 3.63) is 44.7 Å². The summed E-state index contributed by atoms with van der Waals surface area (Å²) in [6.07, 6.45) is -4.69. The average Bonchev–Trinajstić information content (AvgIpc) is 2.78. The number of carbonyl (C=O) groups is 3. The fourth-order valence-corrected chi connectivity index (χ4v) is 6.11. The molecule has 0 bridgehead atoms. The first kappa shape index (κ1) is 27.9. The number of alkyl halides is 3. The molecule has 0 aromatic heterocycles. The number of fused-ring (bicyclic) bond motifs is 3. The molecule has 0 radical (unpaired) electrons. The Balaban J connectivity index is 1.85. The van der Waals surface area contributed by atoms with E-state index in [1.54, 1.807) is 0 Å². The molecule has 3 aliphatic carbocycles. The van der Waals surface area contributed by atoms with Gasteiger partial charge in [-0.05, 0) is 50.0 Å². The Morgan fingerprint density at radius 1 is 1.26 bits per heavy atom. The molecule has 1 saturated carbocycles. The van der Waals surface area contributed by atoms with Crippen LogP contribution < -0.4 is 11.1 Å². The number of Topliss-reactive ketones (excluding diaryl/α,β-unsaturated/α-hetero) is 2. The van der Waals surface area contributed by atoms with Crippen molar-refractivity contribution in [3.8, 4) is 5.75 Å². The quantitative estimate of drug-likeness (QED) is 0.290. The maximum absolute atomic E-state index is 13.7. The van der Waals surface area contributed by atoms with Gasteiger partial charge in [-0.1, -0.05) is 11.6 Å². The molecule has 1 amide bonds. The zero-order valence-corrected chi connectivity index (χ0v) is 20.9. The van der Waals surface area contributed by atoms with Gasteiger partial charge in [0.2, 0.25) is 5.78 Å². The number of phenols is 1. The van der Waals surface area contributed by atoms with Gasteiger partial charge in [-0.2, -0.15) is 13.2 Å². The highest BCUT2D eigenvalue weighted by molar-refractivity contribution is 6.32. The van der Waals surface area contributed by atoms with Crippen molar-refractivity contribution in [1.82, 2.24) is 10.2 Å². The number of rotatable bonds is 5. The third kappa shape index (κ3) is 4.13. The summed E-state index contributed by atoms with van der Waals surface area (Å²) in [5.41, 5.74) is 1.26. The zero-order chi connectivity index (χ0) is 28.5. The number of amides is 1. The minimum atomic E-state index is -4.48. The number of hydrogen-bond donors (Lipinski definition) is 6. The van der Waals surface area contributed by atoms with Crippen molar-refractivity contribution in [2.45, 2.75) is 37.2 Å². The lowest BCUT2D eigenvalue weighted by Crippen LogP contribution is -2.65. The van der Waals surface area contributed by atoms with E-state index in [-0.39, 0.29) is 46.7 Å². The van der Waals surface area contributed by atoms with Gasteiger partial charge < -0.3 is 31.5 Å². The van der Waals surface area contributed by atoms with E-state index in [1.165, 1.54) is 19.0 Å². The van der Waals surface area contributed by atoms with E-state index in [2.05, 4.69) is 5.32 Å². The van der Waals surface area contributed by atoms with E-state index in [9.17, 15) is 48.0 Å². The SMILES string of the molecule is CN(C)[C@@H]1C(=O)C(C(N)=O)=C(O)[C@@]2(O)C(=O)C3=C(O)c4c(O)cc(CNCC(F)(F)F)c(Cl)c4C[C@H]3C[C@@H]12. The van der Waals surface area contributed by atoms with Gasteiger partial charge in [0.05, 0.1) is 18.2 Å². The van der Waals surface area contributed by atoms with Gasteiger partial charge in [0.15, 0.2) is 11.4 Å². The number of ketones is 2. The Morgan fingerprint density at radius 3 is 2.45 bits per heavy atom. The molecule has 1 fully saturated rings. The molecule has 0 spiro atoms. The molecule has 0 heterocycles. The molecular formula is C24H25ClF3N3O7. The maximum atomic E-state index is 13.7. The molecule has 38 heavy (non-hydrogen) atoms. The number of hydrogen-bond acceptors (Lipinski definition) is 9. The number of benzene rings is 1. The molecule has 1 aromatic carbocycles. The van der Waals surface area contributed by atoms with Crippen LogP contribution in [-0.2, 0) is 27.3 Å². The van der Waals surface area contributed by atoms with Crippen LogP contribution in [0.2, 0.25) is 5.02 Å². The van der Waals surface area contributed by atoms with Crippen LogP contribution >= 0.6 is 11.6 Å².